The molecule has 0 saturated carbocycles. The number of para-hydroxylation sites is 2. The third-order valence-corrected chi connectivity index (χ3v) is 8.29. The van der Waals surface area contributed by atoms with Gasteiger partial charge in [-0.2, -0.15) is 0 Å². The van der Waals surface area contributed by atoms with Gasteiger partial charge in [-0.1, -0.05) is 42.5 Å². The van der Waals surface area contributed by atoms with Crippen LogP contribution in [0.4, 0.5) is 0 Å². The molecule has 3 heterocycles. The number of hydrogen-bond donors (Lipinski definition) is 1. The van der Waals surface area contributed by atoms with Gasteiger partial charge in [-0.05, 0) is 74.2 Å². The fraction of sp³-hybridized carbons (Fsp3) is 0.303. The number of ether oxygens (including phenoxy) is 1. The van der Waals surface area contributed by atoms with Crippen molar-refractivity contribution in [3.63, 3.8) is 0 Å². The highest BCUT2D eigenvalue weighted by Crippen LogP contribution is 2.35. The van der Waals surface area contributed by atoms with Gasteiger partial charge in [0.1, 0.15) is 17.9 Å². The van der Waals surface area contributed by atoms with Crippen LogP contribution in [0.25, 0.3) is 10.9 Å². The minimum atomic E-state index is -0.982. The minimum absolute atomic E-state index is 0.186. The number of carboxylic acids is 1. The SMILES string of the molecule is O=C(O)c1ccccc1OCCN1CCC(c2cn(CCCN3C(=O)c4ccccc4C3=O)c3ccccc23)CC1. The fourth-order valence-corrected chi connectivity index (χ4v) is 6.15. The number of carbonyl (C=O) groups excluding carboxylic acids is 2. The molecule has 41 heavy (non-hydrogen) atoms. The molecule has 1 N–H and O–H groups in total. The molecule has 2 amide bonds. The van der Waals surface area contributed by atoms with Gasteiger partial charge in [0.2, 0.25) is 0 Å². The zero-order valence-electron chi connectivity index (χ0n) is 22.9. The molecule has 8 heteroatoms. The highest BCUT2D eigenvalue weighted by atomic mass is 16.5. The van der Waals surface area contributed by atoms with Gasteiger partial charge in [-0.3, -0.25) is 19.4 Å². The normalized spacial score (nSPS) is 16.0. The molecule has 0 unspecified atom stereocenters. The van der Waals surface area contributed by atoms with Gasteiger partial charge >= 0.3 is 5.97 Å². The zero-order valence-corrected chi connectivity index (χ0v) is 22.9. The Morgan fingerprint density at radius 2 is 1.49 bits per heavy atom. The van der Waals surface area contributed by atoms with Crippen LogP contribution in [0, 0.1) is 0 Å². The van der Waals surface area contributed by atoms with Crippen LogP contribution in [-0.2, 0) is 6.54 Å². The molecule has 1 aromatic heterocycles. The summed E-state index contributed by atoms with van der Waals surface area (Å²) in [6.45, 7) is 4.22. The number of amides is 2. The first kappa shape index (κ1) is 26.8. The summed E-state index contributed by atoms with van der Waals surface area (Å²) < 4.78 is 8.08. The summed E-state index contributed by atoms with van der Waals surface area (Å²) in [5.74, 6) is -0.532. The number of aromatic carboxylic acids is 1. The molecule has 0 spiro atoms. The van der Waals surface area contributed by atoms with E-state index in [-0.39, 0.29) is 17.4 Å². The number of hydrogen-bond acceptors (Lipinski definition) is 5. The molecule has 2 aliphatic rings. The van der Waals surface area contributed by atoms with Crippen LogP contribution in [0.3, 0.4) is 0 Å². The van der Waals surface area contributed by atoms with Crippen molar-refractivity contribution in [1.82, 2.24) is 14.4 Å². The van der Waals surface area contributed by atoms with Crippen LogP contribution in [-0.4, -0.2) is 70.0 Å². The predicted octanol–water partition coefficient (Wildman–Crippen LogP) is 5.28. The number of carbonyl (C=O) groups is 3. The number of benzene rings is 3. The maximum absolute atomic E-state index is 12.7. The van der Waals surface area contributed by atoms with Crippen LogP contribution >= 0.6 is 0 Å². The van der Waals surface area contributed by atoms with Gasteiger partial charge in [0, 0.05) is 36.7 Å². The number of piperidine rings is 1. The van der Waals surface area contributed by atoms with Gasteiger partial charge in [0.05, 0.1) is 11.1 Å². The smallest absolute Gasteiger partial charge is 0.339 e. The fourth-order valence-electron chi connectivity index (χ4n) is 6.15. The Hall–Kier alpha value is -4.43. The summed E-state index contributed by atoms with van der Waals surface area (Å²) >= 11 is 0. The Kier molecular flexibility index (Phi) is 7.57. The minimum Gasteiger partial charge on any atom is -0.491 e. The first-order valence-electron chi connectivity index (χ1n) is 14.2. The molecule has 1 saturated heterocycles. The lowest BCUT2D eigenvalue weighted by atomic mass is 9.89. The second-order valence-corrected chi connectivity index (χ2v) is 10.7. The van der Waals surface area contributed by atoms with Crippen LogP contribution in [0.2, 0.25) is 0 Å². The van der Waals surface area contributed by atoms with E-state index in [1.54, 1.807) is 48.5 Å². The van der Waals surface area contributed by atoms with Gasteiger partial charge in [-0.15, -0.1) is 0 Å². The molecule has 2 aliphatic heterocycles. The van der Waals surface area contributed by atoms with E-state index in [1.165, 1.54) is 21.4 Å². The first-order chi connectivity index (χ1) is 20.0. The number of nitrogens with zero attached hydrogens (tertiary/aromatic N) is 3. The van der Waals surface area contributed by atoms with Crippen molar-refractivity contribution < 1.29 is 24.2 Å². The summed E-state index contributed by atoms with van der Waals surface area (Å²) in [5, 5.41) is 10.6. The third kappa shape index (κ3) is 5.35. The lowest BCUT2D eigenvalue weighted by Gasteiger charge is -2.31. The molecule has 3 aromatic carbocycles. The number of imide groups is 1. The Balaban J connectivity index is 1.05. The molecule has 0 aliphatic carbocycles. The Bertz CT molecular complexity index is 1570. The first-order valence-corrected chi connectivity index (χ1v) is 14.2. The summed E-state index contributed by atoms with van der Waals surface area (Å²) in [7, 11) is 0. The largest absolute Gasteiger partial charge is 0.491 e. The van der Waals surface area contributed by atoms with Gasteiger partial charge < -0.3 is 14.4 Å². The molecule has 210 valence electrons. The lowest BCUT2D eigenvalue weighted by molar-refractivity contribution is 0.0647. The highest BCUT2D eigenvalue weighted by molar-refractivity contribution is 6.21. The van der Waals surface area contributed by atoms with Crippen LogP contribution < -0.4 is 4.74 Å². The maximum atomic E-state index is 12.7. The standard InChI is InChI=1S/C33H33N3O5/c37-31-25-9-1-2-10-26(25)32(38)36(31)17-7-16-35-22-28(24-8-3-5-12-29(24)35)23-14-18-34(19-15-23)20-21-41-30-13-6-4-11-27(30)33(39)40/h1-6,8-13,22-23H,7,14-21H2,(H,39,40). The maximum Gasteiger partial charge on any atom is 0.339 e. The van der Waals surface area contributed by atoms with E-state index in [0.717, 1.165) is 39.0 Å². The number of aryl methyl sites for hydroxylation is 1. The predicted molar refractivity (Wildman–Crippen MR) is 156 cm³/mol. The van der Waals surface area contributed by atoms with E-state index in [1.807, 2.05) is 0 Å². The summed E-state index contributed by atoms with van der Waals surface area (Å²) in [5.41, 5.74) is 3.71. The van der Waals surface area contributed by atoms with Crippen LogP contribution in [0.5, 0.6) is 5.75 Å². The Morgan fingerprint density at radius 1 is 0.829 bits per heavy atom. The average Bonchev–Trinajstić information content (AvgIpc) is 3.48. The van der Waals surface area contributed by atoms with E-state index in [2.05, 4.69) is 39.9 Å². The molecular formula is C33H33N3O5. The van der Waals surface area contributed by atoms with E-state index < -0.39 is 5.97 Å². The zero-order chi connectivity index (χ0) is 28.3. The number of rotatable bonds is 10. The van der Waals surface area contributed by atoms with Crippen molar-refractivity contribution in [3.05, 3.63) is 101 Å². The Morgan fingerprint density at radius 3 is 2.22 bits per heavy atom. The topological polar surface area (TPSA) is 92.1 Å². The van der Waals surface area contributed by atoms with Crippen molar-refractivity contribution >= 4 is 28.7 Å². The van der Waals surface area contributed by atoms with Crippen molar-refractivity contribution in [1.29, 1.82) is 0 Å². The number of fused-ring (bicyclic) bond motifs is 2. The lowest BCUT2D eigenvalue weighted by Crippen LogP contribution is -2.35. The van der Waals surface area contributed by atoms with Crippen molar-refractivity contribution in [2.45, 2.75) is 31.7 Å². The molecule has 0 bridgehead atoms. The highest BCUT2D eigenvalue weighted by Gasteiger charge is 2.34. The second kappa shape index (κ2) is 11.6. The summed E-state index contributed by atoms with van der Waals surface area (Å²) in [4.78, 5) is 40.6. The third-order valence-electron chi connectivity index (χ3n) is 8.29. The molecule has 4 aromatic rings. The van der Waals surface area contributed by atoms with Crippen molar-refractivity contribution in [3.8, 4) is 5.75 Å². The Labute approximate surface area is 238 Å². The molecule has 8 nitrogen and oxygen atoms in total. The molecule has 1 fully saturated rings. The second-order valence-electron chi connectivity index (χ2n) is 10.7. The quantitative estimate of drug-likeness (QED) is 0.270. The van der Waals surface area contributed by atoms with Crippen LogP contribution in [0.1, 0.15) is 61.8 Å². The van der Waals surface area contributed by atoms with E-state index >= 15 is 0 Å². The van der Waals surface area contributed by atoms with E-state index in [0.29, 0.717) is 42.4 Å². The number of aromatic nitrogens is 1. The van der Waals surface area contributed by atoms with E-state index in [4.69, 9.17) is 4.74 Å². The average molecular weight is 552 g/mol. The van der Waals surface area contributed by atoms with E-state index in [9.17, 15) is 19.5 Å². The van der Waals surface area contributed by atoms with Gasteiger partial charge in [0.15, 0.2) is 0 Å². The summed E-state index contributed by atoms with van der Waals surface area (Å²) in [6, 6.07) is 22.2. The molecule has 0 atom stereocenters. The van der Waals surface area contributed by atoms with Gasteiger partial charge in [-0.25, -0.2) is 4.79 Å². The number of carboxylic acid groups (broad SMARTS) is 1. The number of likely N-dealkylation sites (tertiary alicyclic amines) is 1. The van der Waals surface area contributed by atoms with Crippen LogP contribution in [0.15, 0.2) is 79.0 Å². The van der Waals surface area contributed by atoms with Crippen molar-refractivity contribution in [2.75, 3.05) is 32.8 Å². The molecule has 0 radical (unpaired) electrons. The summed E-state index contributed by atoms with van der Waals surface area (Å²) in [6.07, 6.45) is 5.02. The molecule has 6 rings (SSSR count). The monoisotopic (exact) mass is 551 g/mol. The molecular weight excluding hydrogens is 518 g/mol. The van der Waals surface area contributed by atoms with Gasteiger partial charge in [0.25, 0.3) is 11.8 Å². The van der Waals surface area contributed by atoms with Crippen molar-refractivity contribution in [2.24, 2.45) is 0 Å².